The number of fused-ring (bicyclic) bond motifs is 1. The van der Waals surface area contributed by atoms with Crippen molar-refractivity contribution in [3.8, 4) is 0 Å². The second kappa shape index (κ2) is 3.99. The normalized spacial score (nSPS) is 31.2. The molecule has 0 radical (unpaired) electrons. The van der Waals surface area contributed by atoms with Gasteiger partial charge in [0.25, 0.3) is 0 Å². The lowest BCUT2D eigenvalue weighted by Crippen LogP contribution is -2.39. The highest BCUT2D eigenvalue weighted by Gasteiger charge is 2.55. The number of hydrogen-bond donors (Lipinski definition) is 1. The minimum atomic E-state index is -0.246. The first-order valence-corrected chi connectivity index (χ1v) is 6.42. The van der Waals surface area contributed by atoms with Crippen molar-refractivity contribution >= 4 is 17.9 Å². The third-order valence-corrected chi connectivity index (χ3v) is 4.53. The van der Waals surface area contributed by atoms with Crippen LogP contribution in [0.1, 0.15) is 6.42 Å². The summed E-state index contributed by atoms with van der Waals surface area (Å²) in [6.45, 7) is 0.903. The molecule has 1 aliphatic heterocycles. The maximum absolute atomic E-state index is 12.8. The number of nitrogens with two attached hydrogens (primary N) is 1. The number of halogens is 1. The van der Waals surface area contributed by atoms with Crippen LogP contribution in [0.3, 0.4) is 0 Å². The Balaban J connectivity index is 1.73. The molecule has 2 aliphatic rings. The van der Waals surface area contributed by atoms with Gasteiger partial charge in [-0.15, -0.1) is 0 Å². The lowest BCUT2D eigenvalue weighted by atomic mass is 10.2. The second-order valence-electron chi connectivity index (χ2n) is 4.65. The topological polar surface area (TPSA) is 46.3 Å². The first kappa shape index (κ1) is 11.0. The smallest absolute Gasteiger partial charge is 0.236 e. The van der Waals surface area contributed by atoms with Crippen LogP contribution in [-0.4, -0.2) is 22.8 Å². The average Bonchev–Trinajstić information content (AvgIpc) is 2.93. The Kier molecular flexibility index (Phi) is 2.60. The van der Waals surface area contributed by atoms with Crippen molar-refractivity contribution in [1.29, 1.82) is 0 Å². The van der Waals surface area contributed by atoms with Crippen LogP contribution >= 0.6 is 11.9 Å². The van der Waals surface area contributed by atoms with Crippen LogP contribution in [0.15, 0.2) is 29.2 Å². The Hall–Kier alpha value is -1.07. The number of piperidine rings is 1. The SMILES string of the molecule is NC(=O)C1C2CC2CN1Sc1ccc(F)cc1. The fourth-order valence-electron chi connectivity index (χ4n) is 2.50. The number of carbonyl (C=O) groups is 1. The summed E-state index contributed by atoms with van der Waals surface area (Å²) in [6, 6.07) is 6.15. The van der Waals surface area contributed by atoms with E-state index in [1.54, 1.807) is 12.1 Å². The Bertz CT molecular complexity index is 450. The molecule has 1 heterocycles. The Morgan fingerprint density at radius 2 is 2.12 bits per heavy atom. The third kappa shape index (κ3) is 2.05. The molecule has 5 heteroatoms. The molecule has 1 saturated carbocycles. The summed E-state index contributed by atoms with van der Waals surface area (Å²) in [5.41, 5.74) is 5.43. The molecule has 0 aromatic heterocycles. The number of amides is 1. The van der Waals surface area contributed by atoms with Gasteiger partial charge in [0.2, 0.25) is 5.91 Å². The highest BCUT2D eigenvalue weighted by atomic mass is 32.2. The minimum Gasteiger partial charge on any atom is -0.368 e. The highest BCUT2D eigenvalue weighted by Crippen LogP contribution is 2.52. The van der Waals surface area contributed by atoms with E-state index in [0.29, 0.717) is 11.8 Å². The quantitative estimate of drug-likeness (QED) is 0.832. The molecule has 3 rings (SSSR count). The number of primary amides is 1. The van der Waals surface area contributed by atoms with Gasteiger partial charge in [0, 0.05) is 11.4 Å². The Labute approximate surface area is 103 Å². The standard InChI is InChI=1S/C12H13FN2OS/c13-8-1-3-9(4-2-8)17-15-6-7-5-10(7)11(15)12(14)16/h1-4,7,10-11H,5-6H2,(H2,14,16). The molecule has 3 nitrogen and oxygen atoms in total. The predicted octanol–water partition coefficient (Wildman–Crippen LogP) is 1.64. The largest absolute Gasteiger partial charge is 0.368 e. The van der Waals surface area contributed by atoms with Gasteiger partial charge in [0.15, 0.2) is 0 Å². The van der Waals surface area contributed by atoms with Crippen molar-refractivity contribution in [3.63, 3.8) is 0 Å². The number of carbonyl (C=O) groups excluding carboxylic acids is 1. The van der Waals surface area contributed by atoms with Gasteiger partial charge in [-0.1, -0.05) is 0 Å². The van der Waals surface area contributed by atoms with E-state index in [1.807, 2.05) is 4.31 Å². The summed E-state index contributed by atoms with van der Waals surface area (Å²) in [5.74, 6) is 0.579. The molecule has 3 atom stereocenters. The van der Waals surface area contributed by atoms with Crippen molar-refractivity contribution in [2.45, 2.75) is 17.4 Å². The van der Waals surface area contributed by atoms with Crippen LogP contribution < -0.4 is 5.73 Å². The maximum Gasteiger partial charge on any atom is 0.236 e. The highest BCUT2D eigenvalue weighted by molar-refractivity contribution is 7.97. The van der Waals surface area contributed by atoms with Gasteiger partial charge in [-0.3, -0.25) is 4.79 Å². The van der Waals surface area contributed by atoms with E-state index in [1.165, 1.54) is 24.1 Å². The van der Waals surface area contributed by atoms with Gasteiger partial charge in [-0.2, -0.15) is 0 Å². The molecular weight excluding hydrogens is 239 g/mol. The lowest BCUT2D eigenvalue weighted by Gasteiger charge is -2.23. The predicted molar refractivity (Wildman–Crippen MR) is 63.5 cm³/mol. The van der Waals surface area contributed by atoms with Crippen LogP contribution in [0.2, 0.25) is 0 Å². The molecule has 1 saturated heterocycles. The number of nitrogens with zero attached hydrogens (tertiary/aromatic N) is 1. The van der Waals surface area contributed by atoms with E-state index in [-0.39, 0.29) is 17.8 Å². The molecule has 1 amide bonds. The van der Waals surface area contributed by atoms with E-state index in [2.05, 4.69) is 0 Å². The van der Waals surface area contributed by atoms with Gasteiger partial charge < -0.3 is 5.73 Å². The first-order chi connectivity index (χ1) is 8.15. The molecule has 1 aromatic rings. The van der Waals surface area contributed by atoms with Crippen molar-refractivity contribution < 1.29 is 9.18 Å². The molecule has 2 N–H and O–H groups in total. The fourth-order valence-corrected chi connectivity index (χ4v) is 3.67. The second-order valence-corrected chi connectivity index (χ2v) is 5.77. The molecule has 90 valence electrons. The zero-order valence-corrected chi connectivity index (χ0v) is 9.99. The van der Waals surface area contributed by atoms with Crippen LogP contribution in [-0.2, 0) is 4.79 Å². The molecule has 0 spiro atoms. The van der Waals surface area contributed by atoms with E-state index >= 15 is 0 Å². The Morgan fingerprint density at radius 1 is 1.41 bits per heavy atom. The van der Waals surface area contributed by atoms with Crippen LogP contribution in [0.4, 0.5) is 4.39 Å². The summed E-state index contributed by atoms with van der Waals surface area (Å²) in [6.07, 6.45) is 1.12. The zero-order valence-electron chi connectivity index (χ0n) is 9.17. The summed E-state index contributed by atoms with van der Waals surface area (Å²) >= 11 is 1.50. The molecule has 1 aliphatic carbocycles. The van der Waals surface area contributed by atoms with Crippen LogP contribution in [0.25, 0.3) is 0 Å². The van der Waals surface area contributed by atoms with Gasteiger partial charge in [-0.05, 0) is 54.5 Å². The molecule has 2 fully saturated rings. The van der Waals surface area contributed by atoms with Gasteiger partial charge >= 0.3 is 0 Å². The zero-order chi connectivity index (χ0) is 12.0. The summed E-state index contributed by atoms with van der Waals surface area (Å²) in [5, 5.41) is 0. The van der Waals surface area contributed by atoms with E-state index < -0.39 is 0 Å². The van der Waals surface area contributed by atoms with Gasteiger partial charge in [-0.25, -0.2) is 8.70 Å². The minimum absolute atomic E-state index is 0.157. The van der Waals surface area contributed by atoms with E-state index in [0.717, 1.165) is 17.9 Å². The van der Waals surface area contributed by atoms with Crippen LogP contribution in [0.5, 0.6) is 0 Å². The van der Waals surface area contributed by atoms with Crippen molar-refractivity contribution in [3.05, 3.63) is 30.1 Å². The molecular formula is C12H13FN2OS. The summed E-state index contributed by atoms with van der Waals surface area (Å²) < 4.78 is 14.8. The fraction of sp³-hybridized carbons (Fsp3) is 0.417. The van der Waals surface area contributed by atoms with Crippen LogP contribution in [0, 0.1) is 17.7 Å². The monoisotopic (exact) mass is 252 g/mol. The molecule has 0 bridgehead atoms. The molecule has 17 heavy (non-hydrogen) atoms. The Morgan fingerprint density at radius 3 is 2.76 bits per heavy atom. The number of rotatable bonds is 3. The van der Waals surface area contributed by atoms with Crippen molar-refractivity contribution in [1.82, 2.24) is 4.31 Å². The molecule has 3 unspecified atom stereocenters. The number of hydrogen-bond acceptors (Lipinski definition) is 3. The average molecular weight is 252 g/mol. The van der Waals surface area contributed by atoms with E-state index in [9.17, 15) is 9.18 Å². The van der Waals surface area contributed by atoms with Crippen molar-refractivity contribution in [2.24, 2.45) is 17.6 Å². The number of benzene rings is 1. The maximum atomic E-state index is 12.8. The van der Waals surface area contributed by atoms with Crippen molar-refractivity contribution in [2.75, 3.05) is 6.54 Å². The summed E-state index contributed by atoms with van der Waals surface area (Å²) in [7, 11) is 0. The van der Waals surface area contributed by atoms with Gasteiger partial charge in [0.1, 0.15) is 11.9 Å². The molecule has 1 aromatic carbocycles. The van der Waals surface area contributed by atoms with Gasteiger partial charge in [0.05, 0.1) is 0 Å². The van der Waals surface area contributed by atoms with E-state index in [4.69, 9.17) is 5.73 Å². The first-order valence-electron chi connectivity index (χ1n) is 5.64. The summed E-state index contributed by atoms with van der Waals surface area (Å²) in [4.78, 5) is 12.3. The lowest BCUT2D eigenvalue weighted by molar-refractivity contribution is -0.121. The third-order valence-electron chi connectivity index (χ3n) is 3.44.